The van der Waals surface area contributed by atoms with E-state index in [2.05, 4.69) is 85.7 Å². The van der Waals surface area contributed by atoms with E-state index in [4.69, 9.17) is 0 Å². The molecular formula is C21H26N3+. The van der Waals surface area contributed by atoms with Crippen LogP contribution in [0.5, 0.6) is 0 Å². The molecule has 3 aromatic rings. The van der Waals surface area contributed by atoms with Gasteiger partial charge in [0.25, 0.3) is 0 Å². The zero-order valence-corrected chi connectivity index (χ0v) is 15.2. The second-order valence-corrected chi connectivity index (χ2v) is 8.11. The first-order valence-corrected chi connectivity index (χ1v) is 8.48. The van der Waals surface area contributed by atoms with Crippen molar-refractivity contribution in [2.24, 2.45) is 0 Å². The Bertz CT molecular complexity index is 846. The highest BCUT2D eigenvalue weighted by Gasteiger charge is 2.28. The molecule has 3 heteroatoms. The summed E-state index contributed by atoms with van der Waals surface area (Å²) >= 11 is 0. The molecule has 0 amide bonds. The molecule has 0 N–H and O–H groups in total. The third-order valence-corrected chi connectivity index (χ3v) is 4.54. The minimum absolute atomic E-state index is 0.0527. The fraction of sp³-hybridized carbons (Fsp3) is 0.381. The van der Waals surface area contributed by atoms with Gasteiger partial charge in [0.2, 0.25) is 5.52 Å². The molecule has 0 saturated carbocycles. The highest BCUT2D eigenvalue weighted by molar-refractivity contribution is 5.71. The van der Waals surface area contributed by atoms with E-state index < -0.39 is 0 Å². The number of hydrogen-bond acceptors (Lipinski definition) is 2. The van der Waals surface area contributed by atoms with Gasteiger partial charge in [0, 0.05) is 12.3 Å². The van der Waals surface area contributed by atoms with Gasteiger partial charge < -0.3 is 0 Å². The molecule has 0 spiro atoms. The van der Waals surface area contributed by atoms with E-state index in [-0.39, 0.29) is 10.8 Å². The summed E-state index contributed by atoms with van der Waals surface area (Å²) in [5.74, 6) is 0. The van der Waals surface area contributed by atoms with Crippen LogP contribution in [0.4, 0.5) is 0 Å². The Morgan fingerprint density at radius 2 is 1.71 bits per heavy atom. The average Bonchev–Trinajstić information content (AvgIpc) is 2.54. The molecule has 24 heavy (non-hydrogen) atoms. The summed E-state index contributed by atoms with van der Waals surface area (Å²) in [7, 11) is 0. The molecule has 0 radical (unpaired) electrons. The quantitative estimate of drug-likeness (QED) is 0.677. The number of hydrogen-bond donors (Lipinski definition) is 0. The number of rotatable bonds is 3. The lowest BCUT2D eigenvalue weighted by atomic mass is 9.86. The summed E-state index contributed by atoms with van der Waals surface area (Å²) in [4.78, 5) is 9.13. The first kappa shape index (κ1) is 16.6. The van der Waals surface area contributed by atoms with E-state index in [0.29, 0.717) is 0 Å². The molecule has 2 aromatic heterocycles. The fourth-order valence-electron chi connectivity index (χ4n) is 3.02. The maximum Gasteiger partial charge on any atom is 0.231 e. The van der Waals surface area contributed by atoms with Crippen LogP contribution in [-0.4, -0.2) is 9.97 Å². The predicted octanol–water partition coefficient (Wildman–Crippen LogP) is 4.19. The number of aromatic nitrogens is 3. The lowest BCUT2D eigenvalue weighted by Crippen LogP contribution is -2.44. The summed E-state index contributed by atoms with van der Waals surface area (Å²) in [5.41, 5.74) is 4.70. The van der Waals surface area contributed by atoms with Crippen LogP contribution in [-0.2, 0) is 17.4 Å². The average molecular weight is 320 g/mol. The Kier molecular flexibility index (Phi) is 4.12. The van der Waals surface area contributed by atoms with Gasteiger partial charge >= 0.3 is 0 Å². The normalized spacial score (nSPS) is 12.5. The number of fused-ring (bicyclic) bond motifs is 1. The Hall–Kier alpha value is -2.29. The van der Waals surface area contributed by atoms with Crippen LogP contribution in [0, 0.1) is 0 Å². The first-order chi connectivity index (χ1) is 11.3. The summed E-state index contributed by atoms with van der Waals surface area (Å²) in [5, 5.41) is 0. The van der Waals surface area contributed by atoms with Gasteiger partial charge in [-0.2, -0.15) is 4.57 Å². The van der Waals surface area contributed by atoms with Crippen LogP contribution in [0.25, 0.3) is 11.0 Å². The molecule has 0 saturated heterocycles. The Balaban J connectivity index is 2.01. The molecule has 2 heterocycles. The minimum atomic E-state index is -0.0527. The van der Waals surface area contributed by atoms with Crippen molar-refractivity contribution in [1.82, 2.24) is 9.97 Å². The molecule has 3 nitrogen and oxygen atoms in total. The van der Waals surface area contributed by atoms with E-state index in [9.17, 15) is 0 Å². The van der Waals surface area contributed by atoms with Crippen molar-refractivity contribution in [1.29, 1.82) is 0 Å². The van der Waals surface area contributed by atoms with E-state index in [1.807, 2.05) is 18.5 Å². The number of benzene rings is 1. The van der Waals surface area contributed by atoms with Crippen molar-refractivity contribution in [3.8, 4) is 0 Å². The maximum atomic E-state index is 4.58. The number of pyridine rings is 1. The fourth-order valence-corrected chi connectivity index (χ4v) is 3.02. The summed E-state index contributed by atoms with van der Waals surface area (Å²) in [6.45, 7) is 12.0. The molecule has 0 fully saturated rings. The summed E-state index contributed by atoms with van der Waals surface area (Å²) < 4.78 is 2.28. The largest absolute Gasteiger partial charge is 0.260 e. The maximum absolute atomic E-state index is 4.58. The first-order valence-electron chi connectivity index (χ1n) is 8.48. The van der Waals surface area contributed by atoms with Crippen molar-refractivity contribution in [3.63, 3.8) is 0 Å². The van der Waals surface area contributed by atoms with Gasteiger partial charge in [-0.3, -0.25) is 4.98 Å². The highest BCUT2D eigenvalue weighted by atomic mass is 15.0. The van der Waals surface area contributed by atoms with Crippen molar-refractivity contribution in [2.75, 3.05) is 0 Å². The molecule has 0 bridgehead atoms. The zero-order valence-electron chi connectivity index (χ0n) is 15.2. The molecule has 3 rings (SSSR count). The Labute approximate surface area is 144 Å². The van der Waals surface area contributed by atoms with Gasteiger partial charge in [-0.1, -0.05) is 32.9 Å². The standard InChI is InChI=1S/C21H26N3/c1-20(2,3)16-9-10-18-17(14-16)22-12-13-24(18)15-21(4,5)19-8-6-7-11-23-19/h6-14H,15H2,1-5H3/q+1. The molecule has 0 aliphatic rings. The van der Waals surface area contributed by atoms with Crippen molar-refractivity contribution in [2.45, 2.75) is 52.0 Å². The Morgan fingerprint density at radius 1 is 0.917 bits per heavy atom. The van der Waals surface area contributed by atoms with Crippen molar-refractivity contribution in [3.05, 3.63) is 66.2 Å². The molecule has 0 aliphatic carbocycles. The van der Waals surface area contributed by atoms with Crippen molar-refractivity contribution < 1.29 is 4.57 Å². The van der Waals surface area contributed by atoms with E-state index in [0.717, 1.165) is 23.3 Å². The molecular weight excluding hydrogens is 294 g/mol. The van der Waals surface area contributed by atoms with Crippen LogP contribution in [0.3, 0.4) is 0 Å². The molecule has 124 valence electrons. The third kappa shape index (κ3) is 3.30. The zero-order chi connectivity index (χ0) is 17.4. The monoisotopic (exact) mass is 320 g/mol. The second-order valence-electron chi connectivity index (χ2n) is 8.11. The predicted molar refractivity (Wildman–Crippen MR) is 97.9 cm³/mol. The number of nitrogens with zero attached hydrogens (tertiary/aromatic N) is 3. The van der Waals surface area contributed by atoms with Crippen LogP contribution >= 0.6 is 0 Å². The smallest absolute Gasteiger partial charge is 0.231 e. The van der Waals surface area contributed by atoms with E-state index >= 15 is 0 Å². The van der Waals surface area contributed by atoms with Crippen LogP contribution in [0.15, 0.2) is 55.0 Å². The summed E-state index contributed by atoms with van der Waals surface area (Å²) in [6.07, 6.45) is 5.81. The Morgan fingerprint density at radius 3 is 2.38 bits per heavy atom. The molecule has 0 unspecified atom stereocenters. The van der Waals surface area contributed by atoms with Crippen LogP contribution in [0.1, 0.15) is 45.9 Å². The molecule has 0 aliphatic heterocycles. The van der Waals surface area contributed by atoms with Gasteiger partial charge in [0.05, 0.1) is 17.3 Å². The lowest BCUT2D eigenvalue weighted by molar-refractivity contribution is -0.679. The SMILES string of the molecule is CC(C)(C)c1ccc2c(c1)ncc[n+]2CC(C)(C)c1ccccn1. The van der Waals surface area contributed by atoms with E-state index in [1.54, 1.807) is 0 Å². The van der Waals surface area contributed by atoms with Gasteiger partial charge in [-0.15, -0.1) is 0 Å². The molecule has 0 atom stereocenters. The summed E-state index contributed by atoms with van der Waals surface area (Å²) in [6, 6.07) is 12.7. The minimum Gasteiger partial charge on any atom is -0.260 e. The van der Waals surface area contributed by atoms with E-state index in [1.165, 1.54) is 5.56 Å². The van der Waals surface area contributed by atoms with Crippen molar-refractivity contribution >= 4 is 11.0 Å². The topological polar surface area (TPSA) is 29.7 Å². The van der Waals surface area contributed by atoms with Gasteiger partial charge in [-0.25, -0.2) is 4.98 Å². The second kappa shape index (κ2) is 5.97. The van der Waals surface area contributed by atoms with Gasteiger partial charge in [0.15, 0.2) is 12.7 Å². The highest BCUT2D eigenvalue weighted by Crippen LogP contribution is 2.25. The third-order valence-electron chi connectivity index (χ3n) is 4.54. The van der Waals surface area contributed by atoms with Gasteiger partial charge in [-0.05, 0) is 43.0 Å². The van der Waals surface area contributed by atoms with Crippen LogP contribution < -0.4 is 4.57 Å². The van der Waals surface area contributed by atoms with Crippen LogP contribution in [0.2, 0.25) is 0 Å². The molecule has 1 aromatic carbocycles. The lowest BCUT2D eigenvalue weighted by Gasteiger charge is -2.21. The van der Waals surface area contributed by atoms with Gasteiger partial charge in [0.1, 0.15) is 5.52 Å².